The minimum absolute atomic E-state index is 0.00460. The molecule has 0 spiro atoms. The van der Waals surface area contributed by atoms with Gasteiger partial charge in [0.2, 0.25) is 11.8 Å². The molecular formula is C23H34N7O7+. The summed E-state index contributed by atoms with van der Waals surface area (Å²) in [6.07, 6.45) is 5.62. The first-order valence-electron chi connectivity index (χ1n) is 12.7. The monoisotopic (exact) mass is 520 g/mol. The predicted octanol–water partition coefficient (Wildman–Crippen LogP) is -0.256. The first-order valence-corrected chi connectivity index (χ1v) is 12.7. The lowest BCUT2D eigenvalue weighted by molar-refractivity contribution is -0.176. The maximum atomic E-state index is 13.5. The highest BCUT2D eigenvalue weighted by Gasteiger charge is 2.45. The zero-order chi connectivity index (χ0) is 26.9. The van der Waals surface area contributed by atoms with E-state index in [2.05, 4.69) is 20.7 Å². The predicted molar refractivity (Wildman–Crippen MR) is 126 cm³/mol. The average molecular weight is 521 g/mol. The first-order chi connectivity index (χ1) is 17.7. The Labute approximate surface area is 213 Å². The second kappa shape index (κ2) is 12.9. The number of fused-ring (bicyclic) bond motifs is 1. The second-order valence-electron chi connectivity index (χ2n) is 9.56. The third kappa shape index (κ3) is 7.35. The molecule has 3 aliphatic rings. The number of aliphatic carboxylic acids is 1. The van der Waals surface area contributed by atoms with Gasteiger partial charge in [0.05, 0.1) is 16.4 Å². The van der Waals surface area contributed by atoms with E-state index in [0.717, 1.165) is 37.1 Å². The van der Waals surface area contributed by atoms with Crippen molar-refractivity contribution in [3.05, 3.63) is 0 Å². The molecule has 2 saturated heterocycles. The van der Waals surface area contributed by atoms with E-state index < -0.39 is 54.1 Å². The molecule has 0 radical (unpaired) electrons. The SMILES string of the molecule is N=[N+]=CC(=O)[C@H](CCC(=O)O)NC(=O)[C@@H]1CCCN2C(=O)CC[C@H](NC(=O)NC3CCCCC3)C(=O)N12. The van der Waals surface area contributed by atoms with Gasteiger partial charge < -0.3 is 21.1 Å². The van der Waals surface area contributed by atoms with Gasteiger partial charge in [-0.3, -0.25) is 29.0 Å². The van der Waals surface area contributed by atoms with Crippen molar-refractivity contribution in [2.24, 2.45) is 0 Å². The van der Waals surface area contributed by atoms with Crippen molar-refractivity contribution in [1.82, 2.24) is 26.0 Å². The van der Waals surface area contributed by atoms with Gasteiger partial charge in [-0.1, -0.05) is 19.3 Å². The Morgan fingerprint density at radius 2 is 1.78 bits per heavy atom. The van der Waals surface area contributed by atoms with Crippen LogP contribution in [0, 0.1) is 5.53 Å². The Kier molecular flexibility index (Phi) is 9.72. The zero-order valence-corrected chi connectivity index (χ0v) is 20.6. The largest absolute Gasteiger partial charge is 0.481 e. The number of ketones is 1. The normalized spacial score (nSPS) is 23.1. The van der Waals surface area contributed by atoms with Gasteiger partial charge in [0.1, 0.15) is 12.1 Å². The lowest BCUT2D eigenvalue weighted by Crippen LogP contribution is -2.65. The van der Waals surface area contributed by atoms with E-state index in [-0.39, 0.29) is 44.2 Å². The van der Waals surface area contributed by atoms with Crippen molar-refractivity contribution >= 4 is 41.7 Å². The smallest absolute Gasteiger partial charge is 0.374 e. The van der Waals surface area contributed by atoms with E-state index in [4.69, 9.17) is 10.6 Å². The van der Waals surface area contributed by atoms with Crippen LogP contribution in [0.5, 0.6) is 0 Å². The van der Waals surface area contributed by atoms with E-state index in [0.29, 0.717) is 12.6 Å². The molecule has 5 amide bonds. The quantitative estimate of drug-likeness (QED) is 0.156. The number of Topliss-reactive ketones (excluding diaryl/α,β-unsaturated/α-hetero) is 1. The van der Waals surface area contributed by atoms with Crippen LogP contribution in [-0.2, 0) is 24.0 Å². The molecule has 0 unspecified atom stereocenters. The van der Waals surface area contributed by atoms with Crippen LogP contribution in [0.25, 0.3) is 0 Å². The van der Waals surface area contributed by atoms with Gasteiger partial charge in [0.25, 0.3) is 11.7 Å². The maximum absolute atomic E-state index is 13.5. The van der Waals surface area contributed by atoms with Crippen molar-refractivity contribution < 1.29 is 38.7 Å². The number of nitrogens with zero attached hydrogens (tertiary/aromatic N) is 3. The van der Waals surface area contributed by atoms with Crippen molar-refractivity contribution in [2.45, 2.75) is 94.8 Å². The summed E-state index contributed by atoms with van der Waals surface area (Å²) in [7, 11) is 0. The summed E-state index contributed by atoms with van der Waals surface area (Å²) in [6, 6.07) is -3.90. The van der Waals surface area contributed by atoms with E-state index >= 15 is 0 Å². The third-order valence-corrected chi connectivity index (χ3v) is 6.91. The summed E-state index contributed by atoms with van der Waals surface area (Å²) in [5, 5.41) is 19.3. The maximum Gasteiger partial charge on any atom is 0.374 e. The number of carboxylic acid groups (broad SMARTS) is 1. The molecule has 0 aromatic rings. The number of hydrogen-bond donors (Lipinski definition) is 5. The van der Waals surface area contributed by atoms with Gasteiger partial charge >= 0.3 is 18.2 Å². The number of carbonyl (C=O) groups excluding carboxylic acids is 5. The molecule has 14 heteroatoms. The fourth-order valence-corrected chi connectivity index (χ4v) is 5.01. The molecule has 202 valence electrons. The highest BCUT2D eigenvalue weighted by atomic mass is 16.4. The van der Waals surface area contributed by atoms with Crippen LogP contribution in [0.3, 0.4) is 0 Å². The van der Waals surface area contributed by atoms with Crippen molar-refractivity contribution in [3.8, 4) is 0 Å². The summed E-state index contributed by atoms with van der Waals surface area (Å²) in [5.74, 6) is -3.63. The van der Waals surface area contributed by atoms with Crippen LogP contribution < -0.4 is 16.0 Å². The molecule has 1 saturated carbocycles. The molecule has 1 aliphatic carbocycles. The molecule has 0 bridgehead atoms. The number of hydrazine groups is 1. The van der Waals surface area contributed by atoms with Crippen LogP contribution in [-0.4, -0.2) is 92.3 Å². The van der Waals surface area contributed by atoms with Crippen LogP contribution in [0.1, 0.15) is 70.6 Å². The Morgan fingerprint density at radius 1 is 1.05 bits per heavy atom. The van der Waals surface area contributed by atoms with E-state index in [1.807, 2.05) is 0 Å². The molecule has 3 atom stereocenters. The number of rotatable bonds is 9. The minimum Gasteiger partial charge on any atom is -0.481 e. The van der Waals surface area contributed by atoms with Crippen LogP contribution in [0.2, 0.25) is 0 Å². The summed E-state index contributed by atoms with van der Waals surface area (Å²) < 4.78 is 0. The average Bonchev–Trinajstić information content (AvgIpc) is 2.99. The van der Waals surface area contributed by atoms with Gasteiger partial charge in [-0.2, -0.15) is 0 Å². The Morgan fingerprint density at radius 3 is 2.46 bits per heavy atom. The number of carboxylic acids is 1. The van der Waals surface area contributed by atoms with Gasteiger partial charge in [0, 0.05) is 25.4 Å². The number of urea groups is 1. The molecular weight excluding hydrogens is 486 g/mol. The molecule has 0 aromatic heterocycles. The third-order valence-electron chi connectivity index (χ3n) is 6.91. The topological polar surface area (TPSA) is 203 Å². The van der Waals surface area contributed by atoms with Crippen LogP contribution in [0.15, 0.2) is 0 Å². The second-order valence-corrected chi connectivity index (χ2v) is 9.56. The van der Waals surface area contributed by atoms with E-state index in [1.54, 1.807) is 0 Å². The minimum atomic E-state index is -1.26. The van der Waals surface area contributed by atoms with E-state index in [1.165, 1.54) is 5.01 Å². The molecule has 2 heterocycles. The standard InChI is InChI=1S/C23H33N7O7/c24-25-13-18(31)15(9-11-20(33)34)27-21(35)17-7-4-12-29-19(32)10-8-16(22(36)30(17)29)28-23(37)26-14-5-2-1-3-6-14/h13-17,24H,1-12H2,(H3-,26,27,28,33,34,35,37)/p+1/t15-,16-,17-/m0/s1. The first kappa shape index (κ1) is 27.8. The Balaban J connectivity index is 1.75. The van der Waals surface area contributed by atoms with E-state index in [9.17, 15) is 28.8 Å². The number of amides is 5. The number of hydrogen-bond acceptors (Lipinski definition) is 7. The van der Waals surface area contributed by atoms with Crippen LogP contribution in [0.4, 0.5) is 4.79 Å². The molecule has 3 fully saturated rings. The van der Waals surface area contributed by atoms with Gasteiger partial charge in [-0.15, -0.1) is 0 Å². The fourth-order valence-electron chi connectivity index (χ4n) is 5.01. The summed E-state index contributed by atoms with van der Waals surface area (Å²) in [4.78, 5) is 78.4. The summed E-state index contributed by atoms with van der Waals surface area (Å²) in [5.41, 5.74) is 6.86. The zero-order valence-electron chi connectivity index (χ0n) is 20.6. The number of nitrogens with one attached hydrogen (secondary N) is 4. The van der Waals surface area contributed by atoms with Crippen molar-refractivity contribution in [2.75, 3.05) is 6.54 Å². The molecule has 2 aliphatic heterocycles. The Hall–Kier alpha value is -3.80. The summed E-state index contributed by atoms with van der Waals surface area (Å²) >= 11 is 0. The van der Waals surface area contributed by atoms with Gasteiger partial charge in [-0.25, -0.2) is 9.80 Å². The van der Waals surface area contributed by atoms with Gasteiger partial charge in [0.15, 0.2) is 0 Å². The lowest BCUT2D eigenvalue weighted by Gasteiger charge is -2.43. The molecule has 37 heavy (non-hydrogen) atoms. The highest BCUT2D eigenvalue weighted by molar-refractivity contribution is 6.28. The lowest BCUT2D eigenvalue weighted by atomic mass is 9.96. The number of carbonyl (C=O) groups is 6. The van der Waals surface area contributed by atoms with Crippen molar-refractivity contribution in [1.29, 1.82) is 5.53 Å². The van der Waals surface area contributed by atoms with Crippen LogP contribution >= 0.6 is 0 Å². The highest BCUT2D eigenvalue weighted by Crippen LogP contribution is 2.25. The van der Waals surface area contributed by atoms with Gasteiger partial charge in [-0.05, 0) is 38.5 Å². The molecule has 0 aromatic carbocycles. The molecule has 3 rings (SSSR count). The fraction of sp³-hybridized carbons (Fsp3) is 0.696. The van der Waals surface area contributed by atoms with Crippen molar-refractivity contribution in [3.63, 3.8) is 0 Å². The summed E-state index contributed by atoms with van der Waals surface area (Å²) in [6.45, 7) is 0.224. The Bertz CT molecular complexity index is 974. The molecule has 5 N–H and O–H groups in total. The molecule has 14 nitrogen and oxygen atoms in total.